The van der Waals surface area contributed by atoms with E-state index in [1.54, 1.807) is 0 Å². The fraction of sp³-hybridized carbons (Fsp3) is 0.824. The van der Waals surface area contributed by atoms with Gasteiger partial charge in [0.2, 0.25) is 11.8 Å². The van der Waals surface area contributed by atoms with Crippen LogP contribution in [0.25, 0.3) is 0 Å². The van der Waals surface area contributed by atoms with Crippen molar-refractivity contribution in [3.05, 3.63) is 11.7 Å². The standard InChI is InChI=1S/C17H28N4O3.ClH/c1-3-4-14-9-21(11-16-18-12(2)20-24-16)10-15(14)19-17(22)13-5-7-23-8-6-13;/h13-15H,3-11H2,1-2H3,(H,19,22);1H/t14-,15-;/m0./s1. The predicted octanol–water partition coefficient (Wildman–Crippen LogP) is 1.94. The van der Waals surface area contributed by atoms with E-state index < -0.39 is 0 Å². The lowest BCUT2D eigenvalue weighted by atomic mass is 9.95. The first-order valence-corrected chi connectivity index (χ1v) is 9.05. The summed E-state index contributed by atoms with van der Waals surface area (Å²) in [6.07, 6.45) is 3.92. The molecule has 0 radical (unpaired) electrons. The minimum Gasteiger partial charge on any atom is -0.381 e. The second-order valence-electron chi connectivity index (χ2n) is 6.98. The van der Waals surface area contributed by atoms with Gasteiger partial charge in [0.15, 0.2) is 5.82 Å². The quantitative estimate of drug-likeness (QED) is 0.822. The van der Waals surface area contributed by atoms with Gasteiger partial charge < -0.3 is 14.6 Å². The molecule has 3 heterocycles. The Morgan fingerprint density at radius 3 is 2.72 bits per heavy atom. The molecule has 2 atom stereocenters. The largest absolute Gasteiger partial charge is 0.381 e. The average molecular weight is 373 g/mol. The number of hydrogen-bond donors (Lipinski definition) is 1. The normalized spacial score (nSPS) is 24.9. The Morgan fingerprint density at radius 1 is 1.32 bits per heavy atom. The highest BCUT2D eigenvalue weighted by atomic mass is 35.5. The summed E-state index contributed by atoms with van der Waals surface area (Å²) in [7, 11) is 0. The highest BCUT2D eigenvalue weighted by Gasteiger charge is 2.35. The van der Waals surface area contributed by atoms with Crippen molar-refractivity contribution < 1.29 is 14.1 Å². The second-order valence-corrected chi connectivity index (χ2v) is 6.98. The highest BCUT2D eigenvalue weighted by molar-refractivity contribution is 5.85. The number of carbonyl (C=O) groups excluding carboxylic acids is 1. The van der Waals surface area contributed by atoms with Gasteiger partial charge in [-0.15, -0.1) is 12.4 Å². The number of aromatic nitrogens is 2. The van der Waals surface area contributed by atoms with E-state index in [1.807, 2.05) is 6.92 Å². The van der Waals surface area contributed by atoms with Crippen LogP contribution in [0.1, 0.15) is 44.3 Å². The van der Waals surface area contributed by atoms with Crippen molar-refractivity contribution in [2.45, 2.75) is 52.1 Å². The molecule has 1 N–H and O–H groups in total. The number of rotatable bonds is 6. The van der Waals surface area contributed by atoms with Crippen LogP contribution in [0.15, 0.2) is 4.52 Å². The number of nitrogens with zero attached hydrogens (tertiary/aromatic N) is 3. The molecule has 3 rings (SSSR count). The zero-order valence-corrected chi connectivity index (χ0v) is 15.9. The van der Waals surface area contributed by atoms with Crippen LogP contribution in [0.5, 0.6) is 0 Å². The maximum Gasteiger partial charge on any atom is 0.240 e. The van der Waals surface area contributed by atoms with Crippen LogP contribution in [0.2, 0.25) is 0 Å². The predicted molar refractivity (Wildman–Crippen MR) is 95.4 cm³/mol. The molecule has 2 aliphatic rings. The summed E-state index contributed by atoms with van der Waals surface area (Å²) < 4.78 is 10.6. The van der Waals surface area contributed by atoms with Gasteiger partial charge in [-0.3, -0.25) is 9.69 Å². The molecule has 7 nitrogen and oxygen atoms in total. The Labute approximate surface area is 155 Å². The number of hydrogen-bond acceptors (Lipinski definition) is 6. The molecule has 0 unspecified atom stereocenters. The lowest BCUT2D eigenvalue weighted by Crippen LogP contribution is -2.44. The average Bonchev–Trinajstić information content (AvgIpc) is 3.15. The molecule has 0 aromatic carbocycles. The third kappa shape index (κ3) is 5.39. The zero-order chi connectivity index (χ0) is 16.9. The van der Waals surface area contributed by atoms with Crippen LogP contribution < -0.4 is 5.32 Å². The first-order valence-electron chi connectivity index (χ1n) is 9.05. The first kappa shape index (κ1) is 20.1. The molecular formula is C17H29ClN4O3. The van der Waals surface area contributed by atoms with Crippen molar-refractivity contribution in [1.29, 1.82) is 0 Å². The number of carbonyl (C=O) groups is 1. The van der Waals surface area contributed by atoms with Crippen molar-refractivity contribution >= 4 is 18.3 Å². The molecule has 0 aliphatic carbocycles. The van der Waals surface area contributed by atoms with E-state index in [9.17, 15) is 4.79 Å². The topological polar surface area (TPSA) is 80.5 Å². The van der Waals surface area contributed by atoms with Crippen LogP contribution in [0.4, 0.5) is 0 Å². The van der Waals surface area contributed by atoms with Crippen molar-refractivity contribution in [2.75, 3.05) is 26.3 Å². The molecule has 0 saturated carbocycles. The molecule has 25 heavy (non-hydrogen) atoms. The molecule has 0 bridgehead atoms. The highest BCUT2D eigenvalue weighted by Crippen LogP contribution is 2.24. The van der Waals surface area contributed by atoms with Gasteiger partial charge in [0, 0.05) is 38.3 Å². The number of aryl methyl sites for hydroxylation is 1. The molecule has 142 valence electrons. The third-order valence-electron chi connectivity index (χ3n) is 5.02. The number of ether oxygens (including phenoxy) is 1. The van der Waals surface area contributed by atoms with Crippen molar-refractivity contribution in [3.63, 3.8) is 0 Å². The minimum atomic E-state index is 0. The Morgan fingerprint density at radius 2 is 2.08 bits per heavy atom. The maximum absolute atomic E-state index is 12.5. The van der Waals surface area contributed by atoms with E-state index in [0.29, 0.717) is 37.4 Å². The van der Waals surface area contributed by atoms with E-state index in [2.05, 4.69) is 27.3 Å². The van der Waals surface area contributed by atoms with Crippen molar-refractivity contribution in [2.24, 2.45) is 11.8 Å². The third-order valence-corrected chi connectivity index (χ3v) is 5.02. The summed E-state index contributed by atoms with van der Waals surface area (Å²) in [5.74, 6) is 2.11. The van der Waals surface area contributed by atoms with E-state index in [-0.39, 0.29) is 30.3 Å². The summed E-state index contributed by atoms with van der Waals surface area (Å²) in [5, 5.41) is 7.15. The van der Waals surface area contributed by atoms with Gasteiger partial charge in [0.25, 0.3) is 0 Å². The number of likely N-dealkylation sites (tertiary alicyclic amines) is 1. The second kappa shape index (κ2) is 9.50. The monoisotopic (exact) mass is 372 g/mol. The zero-order valence-electron chi connectivity index (χ0n) is 15.1. The van der Waals surface area contributed by atoms with Crippen molar-refractivity contribution in [3.8, 4) is 0 Å². The summed E-state index contributed by atoms with van der Waals surface area (Å²) in [4.78, 5) is 19.1. The van der Waals surface area contributed by atoms with Gasteiger partial charge in [-0.2, -0.15) is 4.98 Å². The van der Waals surface area contributed by atoms with E-state index in [1.165, 1.54) is 0 Å². The van der Waals surface area contributed by atoms with Crippen LogP contribution >= 0.6 is 12.4 Å². The SMILES string of the molecule is CCC[C@H]1CN(Cc2nc(C)no2)C[C@@H]1NC(=O)C1CCOCC1.Cl. The number of halogens is 1. The first-order chi connectivity index (χ1) is 11.7. The Bertz CT molecular complexity index is 548. The minimum absolute atomic E-state index is 0. The Kier molecular flexibility index (Phi) is 7.65. The van der Waals surface area contributed by atoms with Gasteiger partial charge in [0.05, 0.1) is 6.54 Å². The lowest BCUT2D eigenvalue weighted by molar-refractivity contribution is -0.128. The Balaban J connectivity index is 0.00000225. The molecule has 0 spiro atoms. The molecule has 2 fully saturated rings. The fourth-order valence-electron chi connectivity index (χ4n) is 3.77. The van der Waals surface area contributed by atoms with E-state index in [0.717, 1.165) is 38.8 Å². The van der Waals surface area contributed by atoms with Crippen LogP contribution in [-0.2, 0) is 16.1 Å². The summed E-state index contributed by atoms with van der Waals surface area (Å²) >= 11 is 0. The summed E-state index contributed by atoms with van der Waals surface area (Å²) in [5.41, 5.74) is 0. The van der Waals surface area contributed by atoms with Crippen LogP contribution in [-0.4, -0.2) is 53.3 Å². The summed E-state index contributed by atoms with van der Waals surface area (Å²) in [6.45, 7) is 7.89. The number of amides is 1. The van der Waals surface area contributed by atoms with Crippen molar-refractivity contribution in [1.82, 2.24) is 20.4 Å². The Hall–Kier alpha value is -1.18. The lowest BCUT2D eigenvalue weighted by Gasteiger charge is -2.25. The van der Waals surface area contributed by atoms with Crippen LogP contribution in [0.3, 0.4) is 0 Å². The fourth-order valence-corrected chi connectivity index (χ4v) is 3.77. The molecule has 2 aliphatic heterocycles. The van der Waals surface area contributed by atoms with Gasteiger partial charge in [-0.1, -0.05) is 18.5 Å². The van der Waals surface area contributed by atoms with Gasteiger partial charge in [-0.25, -0.2) is 0 Å². The molecule has 8 heteroatoms. The molecule has 2 saturated heterocycles. The van der Waals surface area contributed by atoms with Gasteiger partial charge in [-0.05, 0) is 32.1 Å². The van der Waals surface area contributed by atoms with Crippen LogP contribution in [0, 0.1) is 18.8 Å². The van der Waals surface area contributed by atoms with E-state index >= 15 is 0 Å². The molecule has 1 aromatic rings. The molecule has 1 amide bonds. The maximum atomic E-state index is 12.5. The van der Waals surface area contributed by atoms with Gasteiger partial charge >= 0.3 is 0 Å². The molecule has 1 aromatic heterocycles. The number of nitrogens with one attached hydrogen (secondary N) is 1. The summed E-state index contributed by atoms with van der Waals surface area (Å²) in [6, 6.07) is 0.212. The van der Waals surface area contributed by atoms with E-state index in [4.69, 9.17) is 9.26 Å². The smallest absolute Gasteiger partial charge is 0.240 e. The van der Waals surface area contributed by atoms with Gasteiger partial charge in [0.1, 0.15) is 0 Å². The molecular weight excluding hydrogens is 344 g/mol.